The standard InChI is InChI=1S/C22H33N7O/c1-17-9-13-28(14-10-17)19-7-6-18(15-24-19)16-25-22(30)23-11-8-21-27-26-20-5-3-2-4-12-29(20)21/h6-7,15,17H,2-5,8-14,16H2,1H3,(H2,23,25,30). The zero-order chi connectivity index (χ0) is 20.8. The van der Waals surface area contributed by atoms with Crippen LogP contribution in [0.2, 0.25) is 0 Å². The summed E-state index contributed by atoms with van der Waals surface area (Å²) in [4.78, 5) is 19.1. The second-order valence-corrected chi connectivity index (χ2v) is 8.55. The smallest absolute Gasteiger partial charge is 0.315 e. The highest BCUT2D eigenvalue weighted by atomic mass is 16.2. The van der Waals surface area contributed by atoms with E-state index in [1.54, 1.807) is 0 Å². The van der Waals surface area contributed by atoms with Crippen molar-refractivity contribution in [2.24, 2.45) is 5.92 Å². The minimum atomic E-state index is -0.167. The van der Waals surface area contributed by atoms with Crippen LogP contribution in [0.5, 0.6) is 0 Å². The molecule has 0 spiro atoms. The number of rotatable bonds is 6. The summed E-state index contributed by atoms with van der Waals surface area (Å²) in [6.45, 7) is 6.47. The number of nitrogens with one attached hydrogen (secondary N) is 2. The van der Waals surface area contributed by atoms with Gasteiger partial charge in [0.15, 0.2) is 0 Å². The first kappa shape index (κ1) is 20.6. The molecule has 8 heteroatoms. The van der Waals surface area contributed by atoms with E-state index in [1.165, 1.54) is 32.1 Å². The highest BCUT2D eigenvalue weighted by molar-refractivity contribution is 5.73. The van der Waals surface area contributed by atoms with Crippen molar-refractivity contribution in [2.45, 2.75) is 65.0 Å². The maximum atomic E-state index is 12.1. The number of hydrogen-bond donors (Lipinski definition) is 2. The van der Waals surface area contributed by atoms with E-state index in [0.29, 0.717) is 19.5 Å². The average molecular weight is 412 g/mol. The Balaban J connectivity index is 1.18. The van der Waals surface area contributed by atoms with E-state index in [1.807, 2.05) is 12.3 Å². The number of pyridine rings is 1. The van der Waals surface area contributed by atoms with E-state index in [-0.39, 0.29) is 6.03 Å². The maximum absolute atomic E-state index is 12.1. The molecule has 1 fully saturated rings. The van der Waals surface area contributed by atoms with Gasteiger partial charge in [-0.1, -0.05) is 19.4 Å². The third-order valence-electron chi connectivity index (χ3n) is 6.19. The molecule has 0 saturated carbocycles. The van der Waals surface area contributed by atoms with Crippen LogP contribution in [0.25, 0.3) is 0 Å². The Bertz CT molecular complexity index is 825. The molecule has 8 nitrogen and oxygen atoms in total. The quantitative estimate of drug-likeness (QED) is 0.763. The van der Waals surface area contributed by atoms with Gasteiger partial charge in [0.25, 0.3) is 0 Å². The monoisotopic (exact) mass is 411 g/mol. The molecule has 0 atom stereocenters. The number of piperidine rings is 1. The lowest BCUT2D eigenvalue weighted by Crippen LogP contribution is -2.36. The van der Waals surface area contributed by atoms with Crippen LogP contribution in [0, 0.1) is 5.92 Å². The van der Waals surface area contributed by atoms with Gasteiger partial charge < -0.3 is 20.1 Å². The van der Waals surface area contributed by atoms with Crippen molar-refractivity contribution < 1.29 is 4.79 Å². The molecule has 0 aromatic carbocycles. The SMILES string of the molecule is CC1CCN(c2ccc(CNC(=O)NCCc3nnc4n3CCCCC4)cn2)CC1. The summed E-state index contributed by atoms with van der Waals surface area (Å²) < 4.78 is 2.23. The normalized spacial score (nSPS) is 17.3. The summed E-state index contributed by atoms with van der Waals surface area (Å²) in [6.07, 6.45) is 9.62. The van der Waals surface area contributed by atoms with Crippen LogP contribution < -0.4 is 15.5 Å². The van der Waals surface area contributed by atoms with Gasteiger partial charge in [-0.3, -0.25) is 0 Å². The molecule has 4 heterocycles. The molecule has 2 aromatic heterocycles. The summed E-state index contributed by atoms with van der Waals surface area (Å²) in [5, 5.41) is 14.4. The predicted octanol–water partition coefficient (Wildman–Crippen LogP) is 2.68. The van der Waals surface area contributed by atoms with Crippen molar-refractivity contribution in [3.05, 3.63) is 35.5 Å². The fourth-order valence-corrected chi connectivity index (χ4v) is 4.21. The topological polar surface area (TPSA) is 88.0 Å². The molecule has 4 rings (SSSR count). The molecule has 0 unspecified atom stereocenters. The van der Waals surface area contributed by atoms with Crippen molar-refractivity contribution in [3.8, 4) is 0 Å². The van der Waals surface area contributed by atoms with Gasteiger partial charge >= 0.3 is 6.03 Å². The largest absolute Gasteiger partial charge is 0.357 e. The number of aryl methyl sites for hydroxylation is 1. The summed E-state index contributed by atoms with van der Waals surface area (Å²) in [7, 11) is 0. The molecule has 2 aliphatic rings. The summed E-state index contributed by atoms with van der Waals surface area (Å²) in [5.74, 6) is 3.89. The Morgan fingerprint density at radius 3 is 2.77 bits per heavy atom. The molecule has 1 saturated heterocycles. The fraction of sp³-hybridized carbons (Fsp3) is 0.636. The minimum Gasteiger partial charge on any atom is -0.357 e. The molecule has 0 aliphatic carbocycles. The van der Waals surface area contributed by atoms with Gasteiger partial charge in [0.05, 0.1) is 0 Å². The van der Waals surface area contributed by atoms with Crippen molar-refractivity contribution in [2.75, 3.05) is 24.5 Å². The molecule has 2 aromatic rings. The van der Waals surface area contributed by atoms with Gasteiger partial charge in [0.2, 0.25) is 0 Å². The number of aromatic nitrogens is 4. The summed E-state index contributed by atoms with van der Waals surface area (Å²) in [5.41, 5.74) is 1.00. The molecule has 30 heavy (non-hydrogen) atoms. The zero-order valence-corrected chi connectivity index (χ0v) is 17.9. The van der Waals surface area contributed by atoms with Crippen LogP contribution >= 0.6 is 0 Å². The van der Waals surface area contributed by atoms with Crippen LogP contribution in [0.15, 0.2) is 18.3 Å². The molecule has 2 amide bonds. The summed E-state index contributed by atoms with van der Waals surface area (Å²) in [6, 6.07) is 3.94. The Hall–Kier alpha value is -2.64. The molecular formula is C22H33N7O. The van der Waals surface area contributed by atoms with Crippen molar-refractivity contribution >= 4 is 11.8 Å². The van der Waals surface area contributed by atoms with Crippen molar-refractivity contribution in [1.82, 2.24) is 30.4 Å². The first-order valence-electron chi connectivity index (χ1n) is 11.3. The van der Waals surface area contributed by atoms with Crippen LogP contribution in [-0.2, 0) is 25.9 Å². The molecule has 0 bridgehead atoms. The van der Waals surface area contributed by atoms with Crippen LogP contribution in [-0.4, -0.2) is 45.4 Å². The van der Waals surface area contributed by atoms with Gasteiger partial charge in [-0.25, -0.2) is 9.78 Å². The van der Waals surface area contributed by atoms with Crippen molar-refractivity contribution in [1.29, 1.82) is 0 Å². The third-order valence-corrected chi connectivity index (χ3v) is 6.19. The van der Waals surface area contributed by atoms with Crippen LogP contribution in [0.1, 0.15) is 56.2 Å². The number of nitrogens with zero attached hydrogens (tertiary/aromatic N) is 5. The number of anilines is 1. The van der Waals surface area contributed by atoms with Gasteiger partial charge in [-0.15, -0.1) is 10.2 Å². The molecule has 2 N–H and O–H groups in total. The molecule has 0 radical (unpaired) electrons. The van der Waals surface area contributed by atoms with Crippen LogP contribution in [0.3, 0.4) is 0 Å². The molecule has 162 valence electrons. The molecule has 2 aliphatic heterocycles. The van der Waals surface area contributed by atoms with E-state index in [4.69, 9.17) is 0 Å². The van der Waals surface area contributed by atoms with E-state index in [0.717, 1.165) is 55.0 Å². The number of amides is 2. The number of urea groups is 1. The lowest BCUT2D eigenvalue weighted by molar-refractivity contribution is 0.240. The number of carbonyl (C=O) groups excluding carboxylic acids is 1. The van der Waals surface area contributed by atoms with Gasteiger partial charge in [0.1, 0.15) is 17.5 Å². The van der Waals surface area contributed by atoms with E-state index < -0.39 is 0 Å². The van der Waals surface area contributed by atoms with Crippen molar-refractivity contribution in [3.63, 3.8) is 0 Å². The first-order valence-corrected chi connectivity index (χ1v) is 11.3. The number of hydrogen-bond acceptors (Lipinski definition) is 5. The highest BCUT2D eigenvalue weighted by Gasteiger charge is 2.17. The first-order chi connectivity index (χ1) is 14.7. The Morgan fingerprint density at radius 2 is 1.97 bits per heavy atom. The summed E-state index contributed by atoms with van der Waals surface area (Å²) >= 11 is 0. The number of fused-ring (bicyclic) bond motifs is 1. The van der Waals surface area contributed by atoms with Crippen LogP contribution in [0.4, 0.5) is 10.6 Å². The Labute approximate surface area is 178 Å². The van der Waals surface area contributed by atoms with Gasteiger partial charge in [-0.2, -0.15) is 0 Å². The van der Waals surface area contributed by atoms with E-state index >= 15 is 0 Å². The Kier molecular flexibility index (Phi) is 6.81. The minimum absolute atomic E-state index is 0.167. The number of carbonyl (C=O) groups is 1. The maximum Gasteiger partial charge on any atom is 0.315 e. The van der Waals surface area contributed by atoms with Gasteiger partial charge in [-0.05, 0) is 43.2 Å². The zero-order valence-electron chi connectivity index (χ0n) is 17.9. The highest BCUT2D eigenvalue weighted by Crippen LogP contribution is 2.21. The second-order valence-electron chi connectivity index (χ2n) is 8.55. The lowest BCUT2D eigenvalue weighted by atomic mass is 9.99. The van der Waals surface area contributed by atoms with E-state index in [9.17, 15) is 4.79 Å². The average Bonchev–Trinajstić information content (AvgIpc) is 2.99. The predicted molar refractivity (Wildman–Crippen MR) is 116 cm³/mol. The second kappa shape index (κ2) is 9.91. The Morgan fingerprint density at radius 1 is 1.10 bits per heavy atom. The fourth-order valence-electron chi connectivity index (χ4n) is 4.21. The molecular weight excluding hydrogens is 378 g/mol. The van der Waals surface area contributed by atoms with E-state index in [2.05, 4.69) is 48.3 Å². The van der Waals surface area contributed by atoms with Gasteiger partial charge in [0, 0.05) is 51.8 Å². The third kappa shape index (κ3) is 5.29. The lowest BCUT2D eigenvalue weighted by Gasteiger charge is -2.31.